The van der Waals surface area contributed by atoms with E-state index in [0.717, 1.165) is 11.6 Å². The van der Waals surface area contributed by atoms with Crippen LogP contribution >= 0.6 is 0 Å². The number of hydrogen-bond acceptors (Lipinski definition) is 1. The van der Waals surface area contributed by atoms with Gasteiger partial charge >= 0.3 is 0 Å². The minimum Gasteiger partial charge on any atom is -0.309 e. The van der Waals surface area contributed by atoms with Crippen molar-refractivity contribution in [2.24, 2.45) is 0 Å². The van der Waals surface area contributed by atoms with E-state index in [9.17, 15) is 13.6 Å². The highest BCUT2D eigenvalue weighted by atomic mass is 19.2. The van der Waals surface area contributed by atoms with Crippen LogP contribution in [0.15, 0.2) is 42.5 Å². The van der Waals surface area contributed by atoms with Gasteiger partial charge in [-0.3, -0.25) is 4.79 Å². The molecule has 0 N–H and O–H groups in total. The van der Waals surface area contributed by atoms with Crippen molar-refractivity contribution in [3.8, 4) is 0 Å². The molecule has 104 valence electrons. The molecule has 0 aliphatic heterocycles. The molecule has 0 atom stereocenters. The van der Waals surface area contributed by atoms with Gasteiger partial charge in [-0.2, -0.15) is 0 Å². The predicted molar refractivity (Wildman–Crippen MR) is 74.9 cm³/mol. The Morgan fingerprint density at radius 1 is 1.15 bits per heavy atom. The number of amides is 1. The van der Waals surface area contributed by atoms with Crippen LogP contribution in [0.4, 0.5) is 14.5 Å². The van der Waals surface area contributed by atoms with Gasteiger partial charge in [-0.05, 0) is 43.7 Å². The molecule has 0 bridgehead atoms. The number of hydrogen-bond donors (Lipinski definition) is 0. The van der Waals surface area contributed by atoms with E-state index in [1.807, 2.05) is 25.1 Å². The van der Waals surface area contributed by atoms with E-state index in [1.54, 1.807) is 13.0 Å². The smallest absolute Gasteiger partial charge is 0.261 e. The summed E-state index contributed by atoms with van der Waals surface area (Å²) >= 11 is 0. The fraction of sp³-hybridized carbons (Fsp3) is 0.188. The molecule has 2 nitrogen and oxygen atoms in total. The number of rotatable bonds is 3. The topological polar surface area (TPSA) is 20.3 Å². The number of benzene rings is 2. The predicted octanol–water partition coefficient (Wildman–Crippen LogP) is 3.94. The Morgan fingerprint density at radius 3 is 2.50 bits per heavy atom. The molecule has 1 amide bonds. The first-order chi connectivity index (χ1) is 9.54. The van der Waals surface area contributed by atoms with Crippen molar-refractivity contribution in [2.75, 3.05) is 11.4 Å². The Labute approximate surface area is 116 Å². The highest BCUT2D eigenvalue weighted by molar-refractivity contribution is 6.06. The molecule has 0 aliphatic carbocycles. The van der Waals surface area contributed by atoms with Gasteiger partial charge in [0.1, 0.15) is 0 Å². The van der Waals surface area contributed by atoms with Crippen LogP contribution in [0, 0.1) is 18.6 Å². The first kappa shape index (κ1) is 14.2. The summed E-state index contributed by atoms with van der Waals surface area (Å²) in [6, 6.07) is 10.9. The largest absolute Gasteiger partial charge is 0.309 e. The minimum atomic E-state index is -1.11. The molecule has 0 saturated heterocycles. The summed E-state index contributed by atoms with van der Waals surface area (Å²) < 4.78 is 26.9. The standard InChI is InChI=1S/C16H15F2NO/c1-3-19(12-7-4-6-11(2)10-12)16(20)13-8-5-9-14(17)15(13)18/h4-10H,3H2,1-2H3. The summed E-state index contributed by atoms with van der Waals surface area (Å²) in [5, 5.41) is 0. The number of anilines is 1. The van der Waals surface area contributed by atoms with Crippen LogP contribution in [-0.2, 0) is 0 Å². The molecule has 0 radical (unpaired) electrons. The SMILES string of the molecule is CCN(C(=O)c1cccc(F)c1F)c1cccc(C)c1. The molecule has 0 spiro atoms. The average Bonchev–Trinajstić information content (AvgIpc) is 2.42. The maximum absolute atomic E-state index is 13.7. The van der Waals surface area contributed by atoms with E-state index in [-0.39, 0.29) is 5.56 Å². The molecule has 0 saturated carbocycles. The quantitative estimate of drug-likeness (QED) is 0.830. The van der Waals surface area contributed by atoms with Gasteiger partial charge in [0.05, 0.1) is 5.56 Å². The number of halogens is 2. The Hall–Kier alpha value is -2.23. The number of carbonyl (C=O) groups excluding carboxylic acids is 1. The van der Waals surface area contributed by atoms with Crippen LogP contribution in [0.25, 0.3) is 0 Å². The Morgan fingerprint density at radius 2 is 1.85 bits per heavy atom. The second-order valence-electron chi connectivity index (χ2n) is 4.49. The van der Waals surface area contributed by atoms with Crippen LogP contribution in [0.1, 0.15) is 22.8 Å². The van der Waals surface area contributed by atoms with E-state index in [2.05, 4.69) is 0 Å². The van der Waals surface area contributed by atoms with Crippen molar-refractivity contribution >= 4 is 11.6 Å². The molecule has 2 aromatic carbocycles. The highest BCUT2D eigenvalue weighted by Gasteiger charge is 2.21. The van der Waals surface area contributed by atoms with E-state index in [0.29, 0.717) is 12.2 Å². The van der Waals surface area contributed by atoms with Gasteiger partial charge in [0, 0.05) is 12.2 Å². The Balaban J connectivity index is 2.42. The summed E-state index contributed by atoms with van der Waals surface area (Å²) in [4.78, 5) is 13.8. The lowest BCUT2D eigenvalue weighted by Crippen LogP contribution is -2.31. The second kappa shape index (κ2) is 5.82. The van der Waals surface area contributed by atoms with Gasteiger partial charge < -0.3 is 4.90 Å². The molecule has 0 heterocycles. The zero-order valence-electron chi connectivity index (χ0n) is 11.4. The summed E-state index contributed by atoms with van der Waals surface area (Å²) in [5.74, 6) is -2.67. The lowest BCUT2D eigenvalue weighted by molar-refractivity contribution is 0.0983. The molecule has 20 heavy (non-hydrogen) atoms. The first-order valence-electron chi connectivity index (χ1n) is 6.37. The van der Waals surface area contributed by atoms with E-state index in [1.165, 1.54) is 17.0 Å². The Kier molecular flexibility index (Phi) is 4.13. The van der Waals surface area contributed by atoms with Crippen LogP contribution in [-0.4, -0.2) is 12.5 Å². The molecular weight excluding hydrogens is 260 g/mol. The van der Waals surface area contributed by atoms with Gasteiger partial charge in [-0.25, -0.2) is 8.78 Å². The maximum atomic E-state index is 13.7. The lowest BCUT2D eigenvalue weighted by atomic mass is 10.1. The molecule has 0 aromatic heterocycles. The van der Waals surface area contributed by atoms with Crippen molar-refractivity contribution in [2.45, 2.75) is 13.8 Å². The monoisotopic (exact) mass is 275 g/mol. The maximum Gasteiger partial charge on any atom is 0.261 e. The summed E-state index contributed by atoms with van der Waals surface area (Å²) in [5.41, 5.74) is 1.41. The van der Waals surface area contributed by atoms with Gasteiger partial charge in [-0.1, -0.05) is 18.2 Å². The third kappa shape index (κ3) is 2.69. The minimum absolute atomic E-state index is 0.256. The van der Waals surface area contributed by atoms with Gasteiger partial charge in [-0.15, -0.1) is 0 Å². The number of nitrogens with zero attached hydrogens (tertiary/aromatic N) is 1. The van der Waals surface area contributed by atoms with E-state index < -0.39 is 17.5 Å². The summed E-state index contributed by atoms with van der Waals surface area (Å²) in [6.45, 7) is 4.07. The zero-order chi connectivity index (χ0) is 14.7. The molecule has 2 aromatic rings. The van der Waals surface area contributed by atoms with Gasteiger partial charge in [0.15, 0.2) is 11.6 Å². The number of carbonyl (C=O) groups is 1. The summed E-state index contributed by atoms with van der Waals surface area (Å²) in [7, 11) is 0. The lowest BCUT2D eigenvalue weighted by Gasteiger charge is -2.21. The van der Waals surface area contributed by atoms with E-state index >= 15 is 0 Å². The average molecular weight is 275 g/mol. The summed E-state index contributed by atoms with van der Waals surface area (Å²) in [6.07, 6.45) is 0. The first-order valence-corrected chi connectivity index (χ1v) is 6.37. The van der Waals surface area contributed by atoms with Crippen LogP contribution in [0.3, 0.4) is 0 Å². The molecule has 2 rings (SSSR count). The number of aryl methyl sites for hydroxylation is 1. The normalized spacial score (nSPS) is 10.4. The van der Waals surface area contributed by atoms with Gasteiger partial charge in [0.2, 0.25) is 0 Å². The van der Waals surface area contributed by atoms with Crippen molar-refractivity contribution in [1.29, 1.82) is 0 Å². The van der Waals surface area contributed by atoms with Crippen molar-refractivity contribution < 1.29 is 13.6 Å². The third-order valence-corrected chi connectivity index (χ3v) is 3.06. The van der Waals surface area contributed by atoms with Crippen molar-refractivity contribution in [3.63, 3.8) is 0 Å². The van der Waals surface area contributed by atoms with Crippen molar-refractivity contribution in [1.82, 2.24) is 0 Å². The third-order valence-electron chi connectivity index (χ3n) is 3.06. The van der Waals surface area contributed by atoms with E-state index in [4.69, 9.17) is 0 Å². The van der Waals surface area contributed by atoms with Crippen LogP contribution in [0.5, 0.6) is 0 Å². The fourth-order valence-electron chi connectivity index (χ4n) is 2.05. The Bertz CT molecular complexity index is 640. The molecule has 4 heteroatoms. The molecule has 0 fully saturated rings. The molecule has 0 unspecified atom stereocenters. The van der Waals surface area contributed by atoms with Gasteiger partial charge in [0.25, 0.3) is 5.91 Å². The highest BCUT2D eigenvalue weighted by Crippen LogP contribution is 2.20. The van der Waals surface area contributed by atoms with Crippen LogP contribution in [0.2, 0.25) is 0 Å². The van der Waals surface area contributed by atoms with Crippen LogP contribution < -0.4 is 4.90 Å². The second-order valence-corrected chi connectivity index (χ2v) is 4.49. The zero-order valence-corrected chi connectivity index (χ0v) is 11.4. The molecular formula is C16H15F2NO. The molecule has 0 aliphatic rings. The van der Waals surface area contributed by atoms with Crippen molar-refractivity contribution in [3.05, 3.63) is 65.2 Å². The fourth-order valence-corrected chi connectivity index (χ4v) is 2.05.